The molecule has 3 fully saturated rings. The van der Waals surface area contributed by atoms with Gasteiger partial charge in [0, 0.05) is 47.9 Å². The molecule has 0 radical (unpaired) electrons. The molecule has 1 aromatic rings. The topological polar surface area (TPSA) is 186 Å². The van der Waals surface area contributed by atoms with Crippen molar-refractivity contribution < 1.29 is 49.1 Å². The van der Waals surface area contributed by atoms with Crippen molar-refractivity contribution in [3.8, 4) is 5.75 Å². The third kappa shape index (κ3) is 6.05. The van der Waals surface area contributed by atoms with Gasteiger partial charge >= 0.3 is 5.97 Å². The molecule has 0 spiro atoms. The predicted molar refractivity (Wildman–Crippen MR) is 180 cm³/mol. The van der Waals surface area contributed by atoms with E-state index in [-0.39, 0.29) is 30.0 Å². The Morgan fingerprint density at radius 1 is 1.12 bits per heavy atom. The van der Waals surface area contributed by atoms with Crippen LogP contribution in [0.3, 0.4) is 0 Å². The Morgan fingerprint density at radius 3 is 2.47 bits per heavy atom. The monoisotopic (exact) mass is 699 g/mol. The standard InChI is InChI=1S/C35H45N3O10S/c1-4-22(40)48-31-24-20(16-49-18-8-5-6-9-18)19-10-7-11-21(39)23(19)29(41)25(24)32(43)35(46)27(31)28(37(2)3)30(42)26(33(35)44)34(45)36-17-38-12-14-47-15-13-38/h7,10-11,18,20,24,27-28,31,39,41,44,46H,4-6,8-9,12-17H2,1-3H3,(H,36,45)/t20?,24-,27-,28+,31+,35+/m1/s1. The second-order valence-corrected chi connectivity index (χ2v) is 15.0. The molecule has 1 amide bonds. The number of morpholine rings is 1. The number of nitrogens with zero attached hydrogens (tertiary/aromatic N) is 2. The number of aliphatic hydroxyl groups is 3. The molecule has 5 N–H and O–H groups in total. The molecule has 1 aromatic carbocycles. The molecule has 1 saturated heterocycles. The maximum atomic E-state index is 14.8. The highest BCUT2D eigenvalue weighted by Crippen LogP contribution is 2.58. The fraction of sp³-hybridized carbons (Fsp3) is 0.600. The number of nitrogens with one attached hydrogen (secondary N) is 1. The lowest BCUT2D eigenvalue weighted by Gasteiger charge is -2.55. The van der Waals surface area contributed by atoms with E-state index < -0.39 is 76.0 Å². The van der Waals surface area contributed by atoms with Crippen LogP contribution in [0.5, 0.6) is 5.75 Å². The van der Waals surface area contributed by atoms with Crippen LogP contribution < -0.4 is 5.32 Å². The number of phenolic OH excluding ortho intramolecular Hbond substituents is 1. The van der Waals surface area contributed by atoms with Crippen molar-refractivity contribution in [3.05, 3.63) is 46.2 Å². The normalized spacial score (nSPS) is 30.7. The molecule has 0 aromatic heterocycles. The highest BCUT2D eigenvalue weighted by atomic mass is 32.2. The average molecular weight is 700 g/mol. The van der Waals surface area contributed by atoms with Crippen molar-refractivity contribution in [1.82, 2.24) is 15.1 Å². The summed E-state index contributed by atoms with van der Waals surface area (Å²) in [4.78, 5) is 59.3. The Labute approximate surface area is 289 Å². The van der Waals surface area contributed by atoms with Gasteiger partial charge < -0.3 is 35.2 Å². The quantitative estimate of drug-likeness (QED) is 0.186. The number of aromatic hydroxyl groups is 1. The lowest BCUT2D eigenvalue weighted by Crippen LogP contribution is -2.71. The zero-order valence-electron chi connectivity index (χ0n) is 28.0. The van der Waals surface area contributed by atoms with E-state index in [1.807, 2.05) is 4.90 Å². The fourth-order valence-electron chi connectivity index (χ4n) is 8.25. The number of rotatable bonds is 9. The first-order chi connectivity index (χ1) is 23.4. The number of fused-ring (bicyclic) bond motifs is 3. The second-order valence-electron chi connectivity index (χ2n) is 13.7. The number of ether oxygens (including phenoxy) is 2. The Kier molecular flexibility index (Phi) is 10.2. The molecule has 1 unspecified atom stereocenters. The molecule has 266 valence electrons. The highest BCUT2D eigenvalue weighted by molar-refractivity contribution is 7.99. The number of aliphatic hydroxyl groups excluding tert-OH is 2. The number of carbonyl (C=O) groups excluding carboxylic acids is 4. The fourth-order valence-corrected chi connectivity index (χ4v) is 9.78. The summed E-state index contributed by atoms with van der Waals surface area (Å²) in [6.45, 7) is 3.57. The van der Waals surface area contributed by atoms with Crippen molar-refractivity contribution in [1.29, 1.82) is 0 Å². The van der Waals surface area contributed by atoms with Crippen LogP contribution in [0.25, 0.3) is 5.76 Å². The molecule has 6 rings (SSSR count). The summed E-state index contributed by atoms with van der Waals surface area (Å²) in [5.74, 6) is -8.44. The van der Waals surface area contributed by atoms with Gasteiger partial charge in [-0.05, 0) is 38.6 Å². The van der Waals surface area contributed by atoms with Crippen LogP contribution in [-0.4, -0.2) is 129 Å². The summed E-state index contributed by atoms with van der Waals surface area (Å²) in [5.41, 5.74) is -3.50. The first-order valence-electron chi connectivity index (χ1n) is 17.0. The van der Waals surface area contributed by atoms with Crippen LogP contribution in [0.15, 0.2) is 35.1 Å². The minimum Gasteiger partial charge on any atom is -0.508 e. The number of amides is 1. The molecular formula is C35H45N3O10S. The number of Topliss-reactive ketones (excluding diaryl/α,β-unsaturated/α-hetero) is 2. The minimum atomic E-state index is -2.95. The number of thioether (sulfide) groups is 1. The predicted octanol–water partition coefficient (Wildman–Crippen LogP) is 2.03. The lowest BCUT2D eigenvalue weighted by atomic mass is 9.54. The van der Waals surface area contributed by atoms with Gasteiger partial charge in [-0.2, -0.15) is 11.8 Å². The molecule has 1 aliphatic heterocycles. The number of hydrogen-bond donors (Lipinski definition) is 5. The summed E-state index contributed by atoms with van der Waals surface area (Å²) >= 11 is 1.70. The van der Waals surface area contributed by atoms with Gasteiger partial charge in [-0.1, -0.05) is 31.9 Å². The zero-order chi connectivity index (χ0) is 35.2. The largest absolute Gasteiger partial charge is 0.508 e. The molecule has 14 heteroatoms. The van der Waals surface area contributed by atoms with E-state index >= 15 is 0 Å². The number of likely N-dealkylation sites (N-methyl/N-ethyl adjacent to an activating group) is 1. The first-order valence-corrected chi connectivity index (χ1v) is 18.0. The van der Waals surface area contributed by atoms with E-state index in [4.69, 9.17) is 9.47 Å². The van der Waals surface area contributed by atoms with E-state index in [0.29, 0.717) is 42.9 Å². The SMILES string of the molecule is CCC(=O)O[C@@H]1[C@H]2[C@H](N(C)C)C(=O)C(C(=O)NCN3CCOCC3)=C(O)[C@@]2(O)C(=O)C2=C(O)c3c(O)cccc3C(CSC3CCCC3)[C@H]21. The molecular weight excluding hydrogens is 654 g/mol. The third-order valence-electron chi connectivity index (χ3n) is 10.7. The number of esters is 1. The maximum absolute atomic E-state index is 14.8. The van der Waals surface area contributed by atoms with Crippen molar-refractivity contribution in [2.45, 2.75) is 67.9 Å². The molecule has 49 heavy (non-hydrogen) atoms. The minimum absolute atomic E-state index is 0.0183. The van der Waals surface area contributed by atoms with E-state index in [1.165, 1.54) is 11.0 Å². The summed E-state index contributed by atoms with van der Waals surface area (Å²) in [5, 5.41) is 50.2. The number of ketones is 2. The zero-order valence-corrected chi connectivity index (χ0v) is 28.8. The Balaban J connectivity index is 1.52. The summed E-state index contributed by atoms with van der Waals surface area (Å²) < 4.78 is 11.4. The van der Waals surface area contributed by atoms with Gasteiger partial charge in [0.25, 0.3) is 5.91 Å². The number of hydrogen-bond acceptors (Lipinski definition) is 13. The van der Waals surface area contributed by atoms with Gasteiger partial charge in [0.2, 0.25) is 5.78 Å². The highest BCUT2D eigenvalue weighted by Gasteiger charge is 2.70. The Bertz CT molecular complexity index is 1580. The smallest absolute Gasteiger partial charge is 0.305 e. The van der Waals surface area contributed by atoms with Gasteiger partial charge in [-0.3, -0.25) is 29.0 Å². The summed E-state index contributed by atoms with van der Waals surface area (Å²) in [6.07, 6.45) is 2.77. The van der Waals surface area contributed by atoms with E-state index in [9.17, 15) is 39.6 Å². The van der Waals surface area contributed by atoms with Gasteiger partial charge in [0.05, 0.1) is 37.4 Å². The van der Waals surface area contributed by atoms with Crippen LogP contribution in [0.2, 0.25) is 0 Å². The van der Waals surface area contributed by atoms with E-state index in [0.717, 1.165) is 25.7 Å². The maximum Gasteiger partial charge on any atom is 0.305 e. The van der Waals surface area contributed by atoms with Gasteiger partial charge in [0.15, 0.2) is 11.4 Å². The summed E-state index contributed by atoms with van der Waals surface area (Å²) in [7, 11) is 3.09. The first kappa shape index (κ1) is 35.4. The van der Waals surface area contributed by atoms with Crippen molar-refractivity contribution in [2.75, 3.05) is 52.8 Å². The molecule has 4 aliphatic carbocycles. The number of carbonyl (C=O) groups is 4. The van der Waals surface area contributed by atoms with Crippen LogP contribution in [-0.2, 0) is 28.7 Å². The van der Waals surface area contributed by atoms with E-state index in [2.05, 4.69) is 5.32 Å². The van der Waals surface area contributed by atoms with Crippen LogP contribution >= 0.6 is 11.8 Å². The van der Waals surface area contributed by atoms with Crippen LogP contribution in [0, 0.1) is 11.8 Å². The Morgan fingerprint density at radius 2 is 1.82 bits per heavy atom. The molecule has 13 nitrogen and oxygen atoms in total. The van der Waals surface area contributed by atoms with Crippen molar-refractivity contribution >= 4 is 41.0 Å². The van der Waals surface area contributed by atoms with Crippen LogP contribution in [0.4, 0.5) is 0 Å². The molecule has 6 atom stereocenters. The molecule has 1 heterocycles. The molecule has 5 aliphatic rings. The van der Waals surface area contributed by atoms with Gasteiger partial charge in [-0.25, -0.2) is 0 Å². The van der Waals surface area contributed by atoms with E-state index in [1.54, 1.807) is 44.9 Å². The Hall–Kier alpha value is -3.43. The van der Waals surface area contributed by atoms with Gasteiger partial charge in [0.1, 0.15) is 28.9 Å². The molecule has 2 saturated carbocycles. The number of benzene rings is 1. The molecule has 0 bridgehead atoms. The number of phenols is 1. The average Bonchev–Trinajstić information content (AvgIpc) is 3.60. The van der Waals surface area contributed by atoms with Crippen molar-refractivity contribution in [2.24, 2.45) is 11.8 Å². The van der Waals surface area contributed by atoms with Crippen molar-refractivity contribution in [3.63, 3.8) is 0 Å². The third-order valence-corrected chi connectivity index (χ3v) is 12.2. The van der Waals surface area contributed by atoms with Crippen LogP contribution in [0.1, 0.15) is 56.1 Å². The summed E-state index contributed by atoms with van der Waals surface area (Å²) in [6, 6.07) is 3.37. The lowest BCUT2D eigenvalue weighted by molar-refractivity contribution is -0.185. The second kappa shape index (κ2) is 14.1. The van der Waals surface area contributed by atoms with Gasteiger partial charge in [-0.15, -0.1) is 0 Å².